The summed E-state index contributed by atoms with van der Waals surface area (Å²) in [6.45, 7) is 1.75. The lowest BCUT2D eigenvalue weighted by atomic mass is 9.81. The predicted molar refractivity (Wildman–Crippen MR) is 94.1 cm³/mol. The van der Waals surface area contributed by atoms with E-state index in [0.29, 0.717) is 5.75 Å². The van der Waals surface area contributed by atoms with E-state index in [1.807, 2.05) is 48.5 Å². The molecule has 0 unspecified atom stereocenters. The topological polar surface area (TPSA) is 35.5 Å². The fraction of sp³-hybridized carbons (Fsp3) is 0.381. The van der Waals surface area contributed by atoms with Gasteiger partial charge in [0.2, 0.25) is 0 Å². The lowest BCUT2D eigenvalue weighted by Gasteiger charge is -2.32. The van der Waals surface area contributed by atoms with E-state index in [1.54, 1.807) is 6.92 Å². The zero-order chi connectivity index (χ0) is 16.8. The Bertz CT molecular complexity index is 639. The predicted octanol–water partition coefficient (Wildman–Crippen LogP) is 4.72. The molecule has 0 spiro atoms. The summed E-state index contributed by atoms with van der Waals surface area (Å²) in [5, 5.41) is 0. The van der Waals surface area contributed by atoms with E-state index in [2.05, 4.69) is 12.1 Å². The Hall–Kier alpha value is -2.29. The summed E-state index contributed by atoms with van der Waals surface area (Å²) in [5.74, 6) is 0.685. The third-order valence-corrected chi connectivity index (χ3v) is 4.59. The molecule has 0 N–H and O–H groups in total. The van der Waals surface area contributed by atoms with Gasteiger partial charge in [-0.05, 0) is 43.9 Å². The lowest BCUT2D eigenvalue weighted by Crippen LogP contribution is -2.34. The third-order valence-electron chi connectivity index (χ3n) is 4.59. The van der Waals surface area contributed by atoms with Crippen LogP contribution in [0.4, 0.5) is 0 Å². The first-order valence-corrected chi connectivity index (χ1v) is 8.71. The molecule has 0 radical (unpaired) electrons. The van der Waals surface area contributed by atoms with Gasteiger partial charge in [0, 0.05) is 5.92 Å². The molecule has 3 nitrogen and oxygen atoms in total. The highest BCUT2D eigenvalue weighted by Crippen LogP contribution is 2.35. The Labute approximate surface area is 143 Å². The molecule has 126 valence electrons. The quantitative estimate of drug-likeness (QED) is 0.746. The zero-order valence-electron chi connectivity index (χ0n) is 14.1. The van der Waals surface area contributed by atoms with Crippen LogP contribution < -0.4 is 4.74 Å². The van der Waals surface area contributed by atoms with Crippen LogP contribution in [-0.2, 0) is 9.53 Å². The van der Waals surface area contributed by atoms with Gasteiger partial charge >= 0.3 is 5.97 Å². The van der Waals surface area contributed by atoms with Crippen LogP contribution in [-0.4, -0.2) is 18.2 Å². The first-order chi connectivity index (χ1) is 11.7. The van der Waals surface area contributed by atoms with E-state index < -0.39 is 6.10 Å². The van der Waals surface area contributed by atoms with Gasteiger partial charge in [-0.25, -0.2) is 4.79 Å². The third kappa shape index (κ3) is 4.16. The summed E-state index contributed by atoms with van der Waals surface area (Å²) in [6.07, 6.45) is 3.61. The molecule has 3 atom stereocenters. The Morgan fingerprint density at radius 1 is 0.958 bits per heavy atom. The minimum Gasteiger partial charge on any atom is -0.479 e. The van der Waals surface area contributed by atoms with Crippen LogP contribution in [0.3, 0.4) is 0 Å². The van der Waals surface area contributed by atoms with Gasteiger partial charge in [0.1, 0.15) is 11.9 Å². The molecule has 24 heavy (non-hydrogen) atoms. The molecule has 0 aromatic heterocycles. The van der Waals surface area contributed by atoms with E-state index in [4.69, 9.17) is 9.47 Å². The summed E-state index contributed by atoms with van der Waals surface area (Å²) in [6, 6.07) is 19.7. The van der Waals surface area contributed by atoms with Gasteiger partial charge in [-0.3, -0.25) is 0 Å². The highest BCUT2D eigenvalue weighted by Gasteiger charge is 2.31. The molecule has 0 aliphatic heterocycles. The second-order valence-electron chi connectivity index (χ2n) is 6.35. The van der Waals surface area contributed by atoms with E-state index >= 15 is 0 Å². The van der Waals surface area contributed by atoms with Crippen molar-refractivity contribution in [1.29, 1.82) is 0 Å². The number of hydrogen-bond donors (Lipinski definition) is 0. The number of carbonyl (C=O) groups is 1. The van der Waals surface area contributed by atoms with Gasteiger partial charge in [-0.2, -0.15) is 0 Å². The van der Waals surface area contributed by atoms with E-state index in [1.165, 1.54) is 12.0 Å². The molecule has 3 heteroatoms. The number of para-hydroxylation sites is 1. The maximum atomic E-state index is 12.4. The van der Waals surface area contributed by atoms with Crippen molar-refractivity contribution >= 4 is 5.97 Å². The first kappa shape index (κ1) is 16.6. The number of ether oxygens (including phenoxy) is 2. The van der Waals surface area contributed by atoms with Crippen molar-refractivity contribution in [3.8, 4) is 5.75 Å². The van der Waals surface area contributed by atoms with Crippen molar-refractivity contribution in [2.75, 3.05) is 0 Å². The summed E-state index contributed by atoms with van der Waals surface area (Å²) >= 11 is 0. The Morgan fingerprint density at radius 3 is 2.29 bits per heavy atom. The Balaban J connectivity index is 1.63. The van der Waals surface area contributed by atoms with E-state index in [9.17, 15) is 4.79 Å². The summed E-state index contributed by atoms with van der Waals surface area (Å²) in [7, 11) is 0. The molecule has 1 aliphatic rings. The normalized spacial score (nSPS) is 21.7. The average molecular weight is 324 g/mol. The lowest BCUT2D eigenvalue weighted by molar-refractivity contribution is -0.159. The largest absolute Gasteiger partial charge is 0.479 e. The fourth-order valence-corrected chi connectivity index (χ4v) is 3.32. The van der Waals surface area contributed by atoms with Gasteiger partial charge in [0.15, 0.2) is 6.10 Å². The van der Waals surface area contributed by atoms with Crippen LogP contribution in [0.5, 0.6) is 5.75 Å². The molecule has 1 saturated carbocycles. The monoisotopic (exact) mass is 324 g/mol. The molecule has 3 rings (SSSR count). The minimum absolute atomic E-state index is 0.0597. The Kier molecular flexibility index (Phi) is 5.52. The number of esters is 1. The van der Waals surface area contributed by atoms with Gasteiger partial charge < -0.3 is 9.47 Å². The van der Waals surface area contributed by atoms with E-state index in [0.717, 1.165) is 19.3 Å². The maximum Gasteiger partial charge on any atom is 0.347 e. The molecule has 1 fully saturated rings. The second-order valence-corrected chi connectivity index (χ2v) is 6.35. The van der Waals surface area contributed by atoms with Crippen molar-refractivity contribution in [3.05, 3.63) is 66.2 Å². The molecule has 1 aliphatic carbocycles. The van der Waals surface area contributed by atoms with Crippen LogP contribution in [0, 0.1) is 0 Å². The molecular weight excluding hydrogens is 300 g/mol. The number of hydrogen-bond acceptors (Lipinski definition) is 3. The van der Waals surface area contributed by atoms with Crippen molar-refractivity contribution < 1.29 is 14.3 Å². The molecule has 0 saturated heterocycles. The smallest absolute Gasteiger partial charge is 0.347 e. The second kappa shape index (κ2) is 8.00. The van der Waals surface area contributed by atoms with Crippen molar-refractivity contribution in [2.24, 2.45) is 0 Å². The maximum absolute atomic E-state index is 12.4. The van der Waals surface area contributed by atoms with Crippen LogP contribution in [0.15, 0.2) is 60.7 Å². The first-order valence-electron chi connectivity index (χ1n) is 8.71. The van der Waals surface area contributed by atoms with Crippen LogP contribution in [0.2, 0.25) is 0 Å². The SMILES string of the molecule is C[C@@H](Oc1ccccc1)C(=O)O[C@H]1CCCC[C@@H]1c1ccccc1. The standard InChI is InChI=1S/C21H24O3/c1-16(23-18-12-6-3-7-13-18)21(22)24-20-15-9-8-14-19(20)17-10-4-2-5-11-17/h2-7,10-13,16,19-20H,8-9,14-15H2,1H3/t16-,19-,20+/m1/s1. The van der Waals surface area contributed by atoms with Gasteiger partial charge in [-0.1, -0.05) is 55.0 Å². The Morgan fingerprint density at radius 2 is 1.58 bits per heavy atom. The van der Waals surface area contributed by atoms with Gasteiger partial charge in [0.05, 0.1) is 0 Å². The summed E-state index contributed by atoms with van der Waals surface area (Å²) in [4.78, 5) is 12.4. The highest BCUT2D eigenvalue weighted by molar-refractivity contribution is 5.75. The minimum atomic E-state index is -0.606. The molecule has 0 amide bonds. The summed E-state index contributed by atoms with van der Waals surface area (Å²) < 4.78 is 11.5. The molecular formula is C21H24O3. The van der Waals surface area contributed by atoms with Crippen LogP contribution in [0.25, 0.3) is 0 Å². The fourth-order valence-electron chi connectivity index (χ4n) is 3.32. The van der Waals surface area contributed by atoms with Crippen molar-refractivity contribution in [3.63, 3.8) is 0 Å². The van der Waals surface area contributed by atoms with Crippen molar-refractivity contribution in [2.45, 2.75) is 50.7 Å². The average Bonchev–Trinajstić information content (AvgIpc) is 2.63. The van der Waals surface area contributed by atoms with Crippen LogP contribution >= 0.6 is 0 Å². The molecule has 0 heterocycles. The molecule has 0 bridgehead atoms. The highest BCUT2D eigenvalue weighted by atomic mass is 16.6. The molecule has 2 aromatic carbocycles. The van der Waals surface area contributed by atoms with Gasteiger partial charge in [0.25, 0.3) is 0 Å². The number of carbonyl (C=O) groups excluding carboxylic acids is 1. The van der Waals surface area contributed by atoms with Crippen molar-refractivity contribution in [1.82, 2.24) is 0 Å². The summed E-state index contributed by atoms with van der Waals surface area (Å²) in [5.41, 5.74) is 1.26. The van der Waals surface area contributed by atoms with E-state index in [-0.39, 0.29) is 18.0 Å². The van der Waals surface area contributed by atoms with Crippen LogP contribution in [0.1, 0.15) is 44.1 Å². The zero-order valence-corrected chi connectivity index (χ0v) is 14.1. The number of rotatable bonds is 5. The van der Waals surface area contributed by atoms with Gasteiger partial charge in [-0.15, -0.1) is 0 Å². The molecule has 2 aromatic rings. The number of benzene rings is 2.